The first kappa shape index (κ1) is 28.9. The summed E-state index contributed by atoms with van der Waals surface area (Å²) in [4.78, 5) is 17.9. The van der Waals surface area contributed by atoms with Crippen molar-refractivity contribution < 1.29 is 35.9 Å². The van der Waals surface area contributed by atoms with Crippen LogP contribution in [0.4, 0.5) is 26.3 Å². The van der Waals surface area contributed by atoms with Gasteiger partial charge in [-0.3, -0.25) is 9.78 Å². The van der Waals surface area contributed by atoms with Crippen molar-refractivity contribution in [2.24, 2.45) is 0 Å². The third-order valence-corrected chi connectivity index (χ3v) is 6.42. The van der Waals surface area contributed by atoms with Gasteiger partial charge in [-0.1, -0.05) is 48.0 Å². The Morgan fingerprint density at radius 3 is 2.35 bits per heavy atom. The van der Waals surface area contributed by atoms with Gasteiger partial charge in [0.1, 0.15) is 17.1 Å². The van der Waals surface area contributed by atoms with Gasteiger partial charge in [-0.05, 0) is 60.0 Å². The summed E-state index contributed by atoms with van der Waals surface area (Å²) in [5.41, 5.74) is -2.50. The second kappa shape index (κ2) is 11.6. The number of carbonyl (C=O) groups is 1. The molecule has 4 nitrogen and oxygen atoms in total. The fourth-order valence-corrected chi connectivity index (χ4v) is 4.48. The number of rotatable bonds is 8. The van der Waals surface area contributed by atoms with Gasteiger partial charge in [0.2, 0.25) is 0 Å². The minimum absolute atomic E-state index is 0.0432. The van der Waals surface area contributed by atoms with Gasteiger partial charge in [-0.2, -0.15) is 22.0 Å². The summed E-state index contributed by atoms with van der Waals surface area (Å²) in [6.07, 6.45) is -3.54. The molecule has 1 heterocycles. The van der Waals surface area contributed by atoms with Crippen molar-refractivity contribution in [3.63, 3.8) is 0 Å². The average Bonchev–Trinajstić information content (AvgIpc) is 2.88. The highest BCUT2D eigenvalue weighted by Crippen LogP contribution is 2.37. The molecule has 1 atom stereocenters. The quantitative estimate of drug-likeness (QED) is 0.218. The molecular weight excluding hydrogens is 558 g/mol. The Morgan fingerprint density at radius 2 is 1.73 bits per heavy atom. The van der Waals surface area contributed by atoms with Gasteiger partial charge in [0.25, 0.3) is 5.91 Å². The van der Waals surface area contributed by atoms with E-state index in [0.29, 0.717) is 11.6 Å². The highest BCUT2D eigenvalue weighted by molar-refractivity contribution is 6.30. The van der Waals surface area contributed by atoms with E-state index in [1.54, 1.807) is 30.3 Å². The van der Waals surface area contributed by atoms with Gasteiger partial charge in [-0.15, -0.1) is 0 Å². The lowest BCUT2D eigenvalue weighted by molar-refractivity contribution is -0.138. The van der Waals surface area contributed by atoms with Crippen LogP contribution in [0.2, 0.25) is 5.02 Å². The fourth-order valence-electron chi connectivity index (χ4n) is 4.37. The molecule has 3 aromatic carbocycles. The number of hydrogen-bond donors (Lipinski definition) is 1. The summed E-state index contributed by atoms with van der Waals surface area (Å²) < 4.78 is 86.2. The van der Waals surface area contributed by atoms with Gasteiger partial charge in [0.05, 0.1) is 16.3 Å². The smallest absolute Gasteiger partial charge is 0.416 e. The lowest BCUT2D eigenvalue weighted by atomic mass is 9.80. The minimum atomic E-state index is -4.72. The molecule has 0 bridgehead atoms. The maximum atomic E-state index is 14.8. The molecule has 11 heteroatoms. The van der Waals surface area contributed by atoms with Gasteiger partial charge in [0, 0.05) is 24.2 Å². The van der Waals surface area contributed by atoms with E-state index in [1.165, 1.54) is 31.3 Å². The van der Waals surface area contributed by atoms with Crippen molar-refractivity contribution in [3.8, 4) is 5.75 Å². The third kappa shape index (κ3) is 6.56. The van der Waals surface area contributed by atoms with Crippen LogP contribution in [0, 0.1) is 12.7 Å². The van der Waals surface area contributed by atoms with E-state index in [4.69, 9.17) is 11.6 Å². The molecule has 0 saturated carbocycles. The van der Waals surface area contributed by atoms with Crippen molar-refractivity contribution in [1.82, 2.24) is 10.3 Å². The van der Waals surface area contributed by atoms with Crippen LogP contribution in [0.15, 0.2) is 85.1 Å². The first-order valence-corrected chi connectivity index (χ1v) is 12.2. The molecule has 1 N–H and O–H groups in total. The summed E-state index contributed by atoms with van der Waals surface area (Å²) in [7, 11) is 0. The molecule has 0 aliphatic heterocycles. The number of carbonyl (C=O) groups excluding carboxylic acids is 1. The molecule has 208 valence electrons. The number of pyridine rings is 1. The molecule has 1 aromatic heterocycles. The monoisotopic (exact) mass is 578 g/mol. The number of aromatic nitrogens is 1. The number of hydrogen-bond acceptors (Lipinski definition) is 3. The Labute approximate surface area is 230 Å². The molecule has 1 amide bonds. The van der Waals surface area contributed by atoms with Gasteiger partial charge in [0.15, 0.2) is 0 Å². The third-order valence-electron chi connectivity index (χ3n) is 6.20. The number of aryl methyl sites for hydroxylation is 1. The number of benzene rings is 3. The normalized spacial score (nSPS) is 13.1. The maximum Gasteiger partial charge on any atom is 0.416 e. The SMILES string of the molecule is Cc1ccc(C(=O)N[C@@](Cc2ccccc2)(c2cc(F)cc(OC(F)F)c2)c2ccc(Cl)cn2)cc1C(F)(F)F. The molecule has 0 saturated heterocycles. The second-order valence-corrected chi connectivity index (χ2v) is 9.40. The summed E-state index contributed by atoms with van der Waals surface area (Å²) in [5, 5.41) is 2.97. The number of ether oxygens (including phenoxy) is 1. The Morgan fingerprint density at radius 1 is 1.00 bits per heavy atom. The Bertz CT molecular complexity index is 1500. The van der Waals surface area contributed by atoms with E-state index >= 15 is 0 Å². The zero-order chi connectivity index (χ0) is 29.1. The van der Waals surface area contributed by atoms with Crippen LogP contribution in [0.3, 0.4) is 0 Å². The molecule has 0 fully saturated rings. The van der Waals surface area contributed by atoms with Crippen molar-refractivity contribution in [3.05, 3.63) is 129 Å². The van der Waals surface area contributed by atoms with Crippen LogP contribution >= 0.6 is 11.6 Å². The largest absolute Gasteiger partial charge is 0.435 e. The number of alkyl halides is 5. The average molecular weight is 579 g/mol. The Hall–Kier alpha value is -4.05. The first-order chi connectivity index (χ1) is 18.9. The number of nitrogens with one attached hydrogen (secondary N) is 1. The number of amides is 1. The Balaban J connectivity index is 1.95. The van der Waals surface area contributed by atoms with E-state index in [-0.39, 0.29) is 33.8 Å². The summed E-state index contributed by atoms with van der Waals surface area (Å²) >= 11 is 6.03. The standard InChI is InChI=1S/C29H21ClF6N2O2/c1-17-7-8-19(11-24(17)29(34,35)36)26(39)38-28(15-18-5-3-2-4-6-18,25-10-9-21(30)16-37-25)20-12-22(31)14-23(13-20)40-27(32)33/h2-14,16,27H,15H2,1H3,(H,38,39)/t28-/m0/s1. The van der Waals surface area contributed by atoms with Crippen molar-refractivity contribution in [2.75, 3.05) is 0 Å². The van der Waals surface area contributed by atoms with E-state index < -0.39 is 41.4 Å². The van der Waals surface area contributed by atoms with Gasteiger partial charge < -0.3 is 10.1 Å². The summed E-state index contributed by atoms with van der Waals surface area (Å²) in [5.74, 6) is -2.43. The molecule has 4 aromatic rings. The van der Waals surface area contributed by atoms with Crippen LogP contribution in [0.5, 0.6) is 5.75 Å². The maximum absolute atomic E-state index is 14.8. The molecule has 4 rings (SSSR count). The first-order valence-electron chi connectivity index (χ1n) is 11.8. The molecule has 0 aliphatic carbocycles. The van der Waals surface area contributed by atoms with Crippen LogP contribution in [0.1, 0.15) is 38.3 Å². The van der Waals surface area contributed by atoms with E-state index in [2.05, 4.69) is 15.0 Å². The zero-order valence-electron chi connectivity index (χ0n) is 20.8. The number of nitrogens with zero attached hydrogens (tertiary/aromatic N) is 1. The molecule has 0 unspecified atom stereocenters. The highest BCUT2D eigenvalue weighted by atomic mass is 35.5. The van der Waals surface area contributed by atoms with Crippen molar-refractivity contribution >= 4 is 17.5 Å². The number of halogens is 7. The molecule has 0 spiro atoms. The lowest BCUT2D eigenvalue weighted by Gasteiger charge is -2.36. The zero-order valence-corrected chi connectivity index (χ0v) is 21.5. The van der Waals surface area contributed by atoms with E-state index in [0.717, 1.165) is 24.3 Å². The van der Waals surface area contributed by atoms with Crippen molar-refractivity contribution in [2.45, 2.75) is 31.7 Å². The van der Waals surface area contributed by atoms with Crippen LogP contribution in [-0.4, -0.2) is 17.5 Å². The molecule has 0 aliphatic rings. The molecule has 0 radical (unpaired) electrons. The molecular formula is C29H21ClF6N2O2. The predicted octanol–water partition coefficient (Wildman–Crippen LogP) is 7.72. The second-order valence-electron chi connectivity index (χ2n) is 8.97. The van der Waals surface area contributed by atoms with Gasteiger partial charge >= 0.3 is 12.8 Å². The van der Waals surface area contributed by atoms with E-state index in [1.807, 2.05) is 0 Å². The Kier molecular flexibility index (Phi) is 8.39. The van der Waals surface area contributed by atoms with Crippen LogP contribution in [0.25, 0.3) is 0 Å². The highest BCUT2D eigenvalue weighted by Gasteiger charge is 2.40. The predicted molar refractivity (Wildman–Crippen MR) is 137 cm³/mol. The van der Waals surface area contributed by atoms with Crippen molar-refractivity contribution in [1.29, 1.82) is 0 Å². The topological polar surface area (TPSA) is 51.2 Å². The summed E-state index contributed by atoms with van der Waals surface area (Å²) in [6, 6.07) is 17.5. The van der Waals surface area contributed by atoms with Gasteiger partial charge in [-0.25, -0.2) is 4.39 Å². The molecule has 40 heavy (non-hydrogen) atoms. The lowest BCUT2D eigenvalue weighted by Crippen LogP contribution is -2.49. The van der Waals surface area contributed by atoms with E-state index in [9.17, 15) is 31.1 Å². The summed E-state index contributed by atoms with van der Waals surface area (Å²) in [6.45, 7) is -2.01. The fraction of sp³-hybridized carbons (Fsp3) is 0.172. The minimum Gasteiger partial charge on any atom is -0.435 e. The van der Waals surface area contributed by atoms with Crippen LogP contribution < -0.4 is 10.1 Å². The van der Waals surface area contributed by atoms with Crippen LogP contribution in [-0.2, 0) is 18.1 Å².